The second-order valence-electron chi connectivity index (χ2n) is 3.35. The molecule has 2 aromatic rings. The Balaban J connectivity index is 2.63. The van der Waals surface area contributed by atoms with Crippen molar-refractivity contribution in [1.82, 2.24) is 4.98 Å². The zero-order valence-electron chi connectivity index (χ0n) is 8.45. The third-order valence-electron chi connectivity index (χ3n) is 2.22. The van der Waals surface area contributed by atoms with Gasteiger partial charge in [-0.25, -0.2) is 4.98 Å². The van der Waals surface area contributed by atoms with E-state index in [4.69, 9.17) is 23.2 Å². The van der Waals surface area contributed by atoms with Crippen LogP contribution in [0, 0.1) is 5.95 Å². The van der Waals surface area contributed by atoms with E-state index in [9.17, 15) is 9.18 Å². The lowest BCUT2D eigenvalue weighted by Gasteiger charge is -2.06. The average Bonchev–Trinajstić information content (AvgIpc) is 2.30. The predicted molar refractivity (Wildman–Crippen MR) is 65.0 cm³/mol. The van der Waals surface area contributed by atoms with Gasteiger partial charge in [0.2, 0.25) is 5.95 Å². The lowest BCUT2D eigenvalue weighted by atomic mass is 10.1. The molecule has 0 atom stereocenters. The molecule has 5 heteroatoms. The third-order valence-corrected chi connectivity index (χ3v) is 2.77. The van der Waals surface area contributed by atoms with Crippen molar-refractivity contribution in [1.29, 1.82) is 0 Å². The zero-order valence-corrected chi connectivity index (χ0v) is 9.97. The quantitative estimate of drug-likeness (QED) is 0.609. The summed E-state index contributed by atoms with van der Waals surface area (Å²) in [5, 5.41) is 0.764. The maximum atomic E-state index is 13.6. The molecule has 0 aliphatic heterocycles. The minimum absolute atomic E-state index is 0.177. The maximum Gasteiger partial charge on any atom is 0.220 e. The normalized spacial score (nSPS) is 10.3. The summed E-state index contributed by atoms with van der Waals surface area (Å²) in [7, 11) is 0. The Morgan fingerprint density at radius 2 is 1.94 bits per heavy atom. The number of hydrogen-bond donors (Lipinski definition) is 0. The highest BCUT2D eigenvalue weighted by atomic mass is 35.5. The van der Waals surface area contributed by atoms with E-state index >= 15 is 0 Å². The molecule has 0 amide bonds. The molecule has 1 heterocycles. The summed E-state index contributed by atoms with van der Waals surface area (Å²) >= 11 is 11.7. The second kappa shape index (κ2) is 4.82. The maximum absolute atomic E-state index is 13.6. The number of rotatable bonds is 2. The van der Waals surface area contributed by atoms with E-state index < -0.39 is 5.95 Å². The molecule has 2 rings (SSSR count). The SMILES string of the molecule is O=Cc1cnc(F)c(-c2ccc(Cl)cc2Cl)c1. The van der Waals surface area contributed by atoms with Gasteiger partial charge in [0.15, 0.2) is 6.29 Å². The average molecular weight is 270 g/mol. The summed E-state index contributed by atoms with van der Waals surface area (Å²) in [6.45, 7) is 0. The molecule has 1 aromatic heterocycles. The van der Waals surface area contributed by atoms with Crippen molar-refractivity contribution in [3.05, 3.63) is 52.0 Å². The highest BCUT2D eigenvalue weighted by molar-refractivity contribution is 6.36. The fourth-order valence-corrected chi connectivity index (χ4v) is 1.94. The van der Waals surface area contributed by atoms with E-state index in [-0.39, 0.29) is 11.1 Å². The van der Waals surface area contributed by atoms with Crippen LogP contribution in [-0.2, 0) is 0 Å². The number of benzene rings is 1. The van der Waals surface area contributed by atoms with E-state index in [0.717, 1.165) is 6.20 Å². The summed E-state index contributed by atoms with van der Waals surface area (Å²) in [6.07, 6.45) is 1.76. The van der Waals surface area contributed by atoms with E-state index in [1.165, 1.54) is 12.1 Å². The van der Waals surface area contributed by atoms with Gasteiger partial charge in [-0.1, -0.05) is 29.3 Å². The molecule has 86 valence electrons. The first-order valence-corrected chi connectivity index (χ1v) is 5.43. The van der Waals surface area contributed by atoms with Crippen LogP contribution < -0.4 is 0 Å². The number of nitrogens with zero attached hydrogens (tertiary/aromatic N) is 1. The van der Waals surface area contributed by atoms with Crippen LogP contribution in [0.2, 0.25) is 10.0 Å². The molecule has 0 fully saturated rings. The van der Waals surface area contributed by atoms with Crippen LogP contribution in [0.4, 0.5) is 4.39 Å². The summed E-state index contributed by atoms with van der Waals surface area (Å²) < 4.78 is 13.6. The predicted octanol–water partition coefficient (Wildman–Crippen LogP) is 4.01. The molecule has 0 saturated heterocycles. The van der Waals surface area contributed by atoms with Gasteiger partial charge in [0.05, 0.1) is 5.02 Å². The van der Waals surface area contributed by atoms with Gasteiger partial charge in [-0.2, -0.15) is 4.39 Å². The smallest absolute Gasteiger partial charge is 0.220 e. The largest absolute Gasteiger partial charge is 0.298 e. The standard InChI is InChI=1S/C12H6Cl2FNO/c13-8-1-2-9(11(14)4-8)10-3-7(6-17)5-16-12(10)15/h1-6H. The van der Waals surface area contributed by atoms with E-state index in [2.05, 4.69) is 4.98 Å². The van der Waals surface area contributed by atoms with Crippen molar-refractivity contribution in [2.45, 2.75) is 0 Å². The topological polar surface area (TPSA) is 30.0 Å². The lowest BCUT2D eigenvalue weighted by molar-refractivity contribution is 0.112. The van der Waals surface area contributed by atoms with Gasteiger partial charge in [-0.15, -0.1) is 0 Å². The molecule has 0 bridgehead atoms. The first kappa shape index (κ1) is 12.0. The van der Waals surface area contributed by atoms with Crippen molar-refractivity contribution in [2.75, 3.05) is 0 Å². The molecule has 0 N–H and O–H groups in total. The highest BCUT2D eigenvalue weighted by Crippen LogP contribution is 2.31. The van der Waals surface area contributed by atoms with Crippen molar-refractivity contribution in [3.8, 4) is 11.1 Å². The van der Waals surface area contributed by atoms with Gasteiger partial charge in [0.1, 0.15) is 0 Å². The minimum Gasteiger partial charge on any atom is -0.298 e. The Labute approximate surface area is 107 Å². The van der Waals surface area contributed by atoms with Gasteiger partial charge in [-0.05, 0) is 18.2 Å². The Bertz CT molecular complexity index is 587. The number of pyridine rings is 1. The molecular formula is C12H6Cl2FNO. The number of halogens is 3. The molecule has 0 radical (unpaired) electrons. The van der Waals surface area contributed by atoms with E-state index in [1.807, 2.05) is 0 Å². The van der Waals surface area contributed by atoms with Gasteiger partial charge in [-0.3, -0.25) is 4.79 Å². The van der Waals surface area contributed by atoms with Crippen molar-refractivity contribution in [3.63, 3.8) is 0 Å². The molecule has 2 nitrogen and oxygen atoms in total. The summed E-state index contributed by atoms with van der Waals surface area (Å²) in [5.41, 5.74) is 0.911. The van der Waals surface area contributed by atoms with E-state index in [0.29, 0.717) is 21.9 Å². The van der Waals surface area contributed by atoms with Crippen LogP contribution in [0.25, 0.3) is 11.1 Å². The summed E-state index contributed by atoms with van der Waals surface area (Å²) in [4.78, 5) is 14.1. The first-order valence-electron chi connectivity index (χ1n) is 4.68. The monoisotopic (exact) mass is 269 g/mol. The van der Waals surface area contributed by atoms with Gasteiger partial charge in [0, 0.05) is 27.9 Å². The second-order valence-corrected chi connectivity index (χ2v) is 4.19. The van der Waals surface area contributed by atoms with Crippen LogP contribution in [-0.4, -0.2) is 11.3 Å². The van der Waals surface area contributed by atoms with Crippen LogP contribution in [0.5, 0.6) is 0 Å². The number of aldehydes is 1. The number of carbonyl (C=O) groups is 1. The van der Waals surface area contributed by atoms with Crippen molar-refractivity contribution < 1.29 is 9.18 Å². The van der Waals surface area contributed by atoms with Gasteiger partial charge in [0.25, 0.3) is 0 Å². The molecule has 0 spiro atoms. The summed E-state index contributed by atoms with van der Waals surface area (Å²) in [6, 6.07) is 6.07. The minimum atomic E-state index is -0.681. The molecule has 1 aromatic carbocycles. The van der Waals surface area contributed by atoms with Gasteiger partial charge < -0.3 is 0 Å². The molecule has 0 unspecified atom stereocenters. The summed E-state index contributed by atoms with van der Waals surface area (Å²) in [5.74, 6) is -0.681. The fraction of sp³-hybridized carbons (Fsp3) is 0. The van der Waals surface area contributed by atoms with Crippen LogP contribution in [0.1, 0.15) is 10.4 Å². The highest BCUT2D eigenvalue weighted by Gasteiger charge is 2.11. The van der Waals surface area contributed by atoms with Crippen molar-refractivity contribution >= 4 is 29.5 Å². The Morgan fingerprint density at radius 1 is 1.18 bits per heavy atom. The molecular weight excluding hydrogens is 264 g/mol. The number of hydrogen-bond acceptors (Lipinski definition) is 2. The number of aromatic nitrogens is 1. The van der Waals surface area contributed by atoms with Gasteiger partial charge >= 0.3 is 0 Å². The van der Waals surface area contributed by atoms with Crippen LogP contribution in [0.3, 0.4) is 0 Å². The Hall–Kier alpha value is -1.45. The third kappa shape index (κ3) is 2.46. The fourth-order valence-electron chi connectivity index (χ4n) is 1.43. The zero-order chi connectivity index (χ0) is 12.4. The van der Waals surface area contributed by atoms with Crippen LogP contribution >= 0.6 is 23.2 Å². The van der Waals surface area contributed by atoms with Crippen molar-refractivity contribution in [2.24, 2.45) is 0 Å². The first-order chi connectivity index (χ1) is 8.11. The Kier molecular flexibility index (Phi) is 3.41. The van der Waals surface area contributed by atoms with Crippen LogP contribution in [0.15, 0.2) is 30.5 Å². The Morgan fingerprint density at radius 3 is 2.59 bits per heavy atom. The van der Waals surface area contributed by atoms with E-state index in [1.54, 1.807) is 12.1 Å². The molecule has 0 aliphatic rings. The molecule has 0 saturated carbocycles. The molecule has 17 heavy (non-hydrogen) atoms. The lowest BCUT2D eigenvalue weighted by Crippen LogP contribution is -1.93. The number of carbonyl (C=O) groups excluding carboxylic acids is 1. The molecule has 0 aliphatic carbocycles.